The summed E-state index contributed by atoms with van der Waals surface area (Å²) in [6.45, 7) is 5.06. The van der Waals surface area contributed by atoms with Crippen molar-refractivity contribution in [3.05, 3.63) is 78.5 Å². The maximum Gasteiger partial charge on any atom is 0.270 e. The van der Waals surface area contributed by atoms with E-state index in [4.69, 9.17) is 4.74 Å². The van der Waals surface area contributed by atoms with Crippen LogP contribution in [0.3, 0.4) is 0 Å². The van der Waals surface area contributed by atoms with Crippen LogP contribution < -0.4 is 15.0 Å². The molecule has 1 aliphatic rings. The molecule has 6 nitrogen and oxygen atoms in total. The molecule has 0 spiro atoms. The summed E-state index contributed by atoms with van der Waals surface area (Å²) in [5.74, 6) is 0.587. The third-order valence-corrected chi connectivity index (χ3v) is 5.41. The molecule has 6 heteroatoms. The van der Waals surface area contributed by atoms with Crippen molar-refractivity contribution in [2.45, 2.75) is 0 Å². The van der Waals surface area contributed by atoms with Gasteiger partial charge < -0.3 is 19.9 Å². The van der Waals surface area contributed by atoms with Gasteiger partial charge in [0.25, 0.3) is 5.91 Å². The number of para-hydroxylation sites is 1. The number of nitrogens with one attached hydrogen (secondary N) is 1. The van der Waals surface area contributed by atoms with Crippen molar-refractivity contribution in [2.75, 3.05) is 51.3 Å². The lowest BCUT2D eigenvalue weighted by Crippen LogP contribution is -2.44. The third-order valence-electron chi connectivity index (χ3n) is 5.41. The van der Waals surface area contributed by atoms with Crippen molar-refractivity contribution in [3.63, 3.8) is 0 Å². The van der Waals surface area contributed by atoms with Gasteiger partial charge in [-0.05, 0) is 43.4 Å². The van der Waals surface area contributed by atoms with E-state index in [1.54, 1.807) is 6.07 Å². The summed E-state index contributed by atoms with van der Waals surface area (Å²) in [7, 11) is 2.16. The molecule has 1 fully saturated rings. The van der Waals surface area contributed by atoms with Gasteiger partial charge in [-0.3, -0.25) is 4.79 Å². The highest BCUT2D eigenvalue weighted by molar-refractivity contribution is 5.92. The molecule has 1 aromatic heterocycles. The SMILES string of the molecule is CN1CCN(c2ccc(-c3cccc(C(=O)NCCOc4ccccc4)n3)cc2)CC1. The second kappa shape index (κ2) is 10.1. The molecule has 0 unspecified atom stereocenters. The molecule has 4 rings (SSSR count). The first-order chi connectivity index (χ1) is 15.2. The highest BCUT2D eigenvalue weighted by Crippen LogP contribution is 2.23. The zero-order valence-corrected chi connectivity index (χ0v) is 17.8. The Bertz CT molecular complexity index is 984. The molecule has 1 aliphatic heterocycles. The average molecular weight is 417 g/mol. The Labute approximate surface area is 183 Å². The van der Waals surface area contributed by atoms with E-state index in [0.29, 0.717) is 18.8 Å². The number of ether oxygens (including phenoxy) is 1. The van der Waals surface area contributed by atoms with Gasteiger partial charge in [0.05, 0.1) is 12.2 Å². The van der Waals surface area contributed by atoms with Gasteiger partial charge in [0.2, 0.25) is 0 Å². The molecule has 2 aromatic carbocycles. The smallest absolute Gasteiger partial charge is 0.270 e. The summed E-state index contributed by atoms with van der Waals surface area (Å²) in [6, 6.07) is 23.5. The van der Waals surface area contributed by atoms with Gasteiger partial charge >= 0.3 is 0 Å². The maximum atomic E-state index is 12.5. The van der Waals surface area contributed by atoms with Gasteiger partial charge in [0.1, 0.15) is 18.1 Å². The summed E-state index contributed by atoms with van der Waals surface area (Å²) < 4.78 is 5.61. The summed E-state index contributed by atoms with van der Waals surface area (Å²) in [5.41, 5.74) is 3.42. The molecule has 3 aromatic rings. The number of amides is 1. The zero-order valence-electron chi connectivity index (χ0n) is 17.8. The summed E-state index contributed by atoms with van der Waals surface area (Å²) >= 11 is 0. The van der Waals surface area contributed by atoms with E-state index < -0.39 is 0 Å². The fraction of sp³-hybridized carbons (Fsp3) is 0.280. The third kappa shape index (κ3) is 5.61. The van der Waals surface area contributed by atoms with Crippen molar-refractivity contribution >= 4 is 11.6 Å². The number of nitrogens with zero attached hydrogens (tertiary/aromatic N) is 3. The molecule has 31 heavy (non-hydrogen) atoms. The van der Waals surface area contributed by atoms with E-state index in [0.717, 1.165) is 43.2 Å². The van der Waals surface area contributed by atoms with Crippen LogP contribution in [-0.2, 0) is 0 Å². The number of rotatable bonds is 7. The maximum absolute atomic E-state index is 12.5. The molecular formula is C25H28N4O2. The Morgan fingerprint density at radius 2 is 1.68 bits per heavy atom. The van der Waals surface area contributed by atoms with Crippen LogP contribution in [0.5, 0.6) is 5.75 Å². The van der Waals surface area contributed by atoms with E-state index in [-0.39, 0.29) is 5.91 Å². The second-order valence-electron chi connectivity index (χ2n) is 7.66. The van der Waals surface area contributed by atoms with Crippen LogP contribution >= 0.6 is 0 Å². The first-order valence-corrected chi connectivity index (χ1v) is 10.7. The Morgan fingerprint density at radius 1 is 0.935 bits per heavy atom. The van der Waals surface area contributed by atoms with E-state index in [1.165, 1.54) is 5.69 Å². The molecule has 0 atom stereocenters. The zero-order chi connectivity index (χ0) is 21.5. The number of carbonyl (C=O) groups is 1. The largest absolute Gasteiger partial charge is 0.492 e. The van der Waals surface area contributed by atoms with Gasteiger partial charge in [-0.2, -0.15) is 0 Å². The van der Waals surface area contributed by atoms with Crippen LogP contribution in [-0.4, -0.2) is 62.2 Å². The van der Waals surface area contributed by atoms with E-state index in [2.05, 4.69) is 51.4 Å². The number of piperazine rings is 1. The van der Waals surface area contributed by atoms with Crippen LogP contribution in [0.25, 0.3) is 11.3 Å². The number of hydrogen-bond donors (Lipinski definition) is 1. The topological polar surface area (TPSA) is 57.7 Å². The van der Waals surface area contributed by atoms with Gasteiger partial charge in [-0.15, -0.1) is 0 Å². The van der Waals surface area contributed by atoms with Crippen molar-refractivity contribution in [1.29, 1.82) is 0 Å². The summed E-state index contributed by atoms with van der Waals surface area (Å²) in [4.78, 5) is 21.8. The molecular weight excluding hydrogens is 388 g/mol. The number of likely N-dealkylation sites (N-methyl/N-ethyl adjacent to an activating group) is 1. The van der Waals surface area contributed by atoms with Crippen molar-refractivity contribution in [2.24, 2.45) is 0 Å². The molecule has 1 amide bonds. The highest BCUT2D eigenvalue weighted by atomic mass is 16.5. The predicted octanol–water partition coefficient (Wildman–Crippen LogP) is 3.31. The molecule has 2 heterocycles. The van der Waals surface area contributed by atoms with Crippen LogP contribution in [0, 0.1) is 0 Å². The van der Waals surface area contributed by atoms with Gasteiger partial charge in [0, 0.05) is 37.4 Å². The highest BCUT2D eigenvalue weighted by Gasteiger charge is 2.14. The van der Waals surface area contributed by atoms with Crippen molar-refractivity contribution in [3.8, 4) is 17.0 Å². The monoisotopic (exact) mass is 416 g/mol. The number of benzene rings is 2. The van der Waals surface area contributed by atoms with Crippen molar-refractivity contribution in [1.82, 2.24) is 15.2 Å². The number of hydrogen-bond acceptors (Lipinski definition) is 5. The molecule has 0 bridgehead atoms. The first-order valence-electron chi connectivity index (χ1n) is 10.7. The molecule has 1 N–H and O–H groups in total. The van der Waals surface area contributed by atoms with Crippen LogP contribution in [0.2, 0.25) is 0 Å². The van der Waals surface area contributed by atoms with Gasteiger partial charge in [-0.1, -0.05) is 36.4 Å². The first kappa shape index (κ1) is 20.9. The Balaban J connectivity index is 1.33. The number of carbonyl (C=O) groups excluding carboxylic acids is 1. The lowest BCUT2D eigenvalue weighted by molar-refractivity contribution is 0.0942. The number of anilines is 1. The van der Waals surface area contributed by atoms with Crippen LogP contribution in [0.15, 0.2) is 72.8 Å². The lowest BCUT2D eigenvalue weighted by Gasteiger charge is -2.34. The molecule has 0 saturated carbocycles. The normalized spacial score (nSPS) is 14.3. The van der Waals surface area contributed by atoms with Crippen LogP contribution in [0.4, 0.5) is 5.69 Å². The Morgan fingerprint density at radius 3 is 2.42 bits per heavy atom. The number of pyridine rings is 1. The second-order valence-corrected chi connectivity index (χ2v) is 7.66. The molecule has 160 valence electrons. The van der Waals surface area contributed by atoms with E-state index in [1.807, 2.05) is 42.5 Å². The lowest BCUT2D eigenvalue weighted by atomic mass is 10.1. The minimum absolute atomic E-state index is 0.201. The standard InChI is InChI=1S/C25H28N4O2/c1-28-15-17-29(18-16-28)21-12-10-20(11-13-21)23-8-5-9-24(27-23)25(30)26-14-19-31-22-6-3-2-4-7-22/h2-13H,14-19H2,1H3,(H,26,30). The quantitative estimate of drug-likeness (QED) is 0.599. The Hall–Kier alpha value is -3.38. The van der Waals surface area contributed by atoms with E-state index in [9.17, 15) is 4.79 Å². The van der Waals surface area contributed by atoms with E-state index >= 15 is 0 Å². The fourth-order valence-electron chi connectivity index (χ4n) is 3.57. The minimum Gasteiger partial charge on any atom is -0.492 e. The van der Waals surface area contributed by atoms with Gasteiger partial charge in [0.15, 0.2) is 0 Å². The summed E-state index contributed by atoms with van der Waals surface area (Å²) in [6.07, 6.45) is 0. The van der Waals surface area contributed by atoms with Crippen LogP contribution in [0.1, 0.15) is 10.5 Å². The van der Waals surface area contributed by atoms with Crippen molar-refractivity contribution < 1.29 is 9.53 Å². The summed E-state index contributed by atoms with van der Waals surface area (Å²) in [5, 5.41) is 2.87. The minimum atomic E-state index is -0.201. The molecule has 0 aliphatic carbocycles. The molecule has 1 saturated heterocycles. The Kier molecular flexibility index (Phi) is 6.79. The predicted molar refractivity (Wildman–Crippen MR) is 124 cm³/mol. The van der Waals surface area contributed by atoms with Gasteiger partial charge in [-0.25, -0.2) is 4.98 Å². The fourth-order valence-corrected chi connectivity index (χ4v) is 3.57. The number of aromatic nitrogens is 1. The average Bonchev–Trinajstić information content (AvgIpc) is 2.83. The molecule has 0 radical (unpaired) electrons.